The number of aliphatic imine (C=N–C) groups is 1. The van der Waals surface area contributed by atoms with Crippen molar-refractivity contribution in [2.45, 2.75) is 26.2 Å². The first-order valence-electron chi connectivity index (χ1n) is 11.5. The molecule has 1 unspecified atom stereocenters. The quantitative estimate of drug-likeness (QED) is 0.175. The number of aryl methyl sites for hydroxylation is 1. The Bertz CT molecular complexity index is 1370. The van der Waals surface area contributed by atoms with E-state index in [1.165, 1.54) is 27.8 Å². The van der Waals surface area contributed by atoms with Crippen LogP contribution in [0.1, 0.15) is 46.2 Å². The van der Waals surface area contributed by atoms with E-state index in [9.17, 15) is 0 Å². The molecule has 0 saturated heterocycles. The topological polar surface area (TPSA) is 38.4 Å². The molecule has 2 heteroatoms. The van der Waals surface area contributed by atoms with Gasteiger partial charge in [-0.2, -0.15) is 0 Å². The van der Waals surface area contributed by atoms with E-state index < -0.39 is 0 Å². The summed E-state index contributed by atoms with van der Waals surface area (Å²) in [7, 11) is 0. The van der Waals surface area contributed by atoms with Crippen molar-refractivity contribution in [3.05, 3.63) is 131 Å². The first-order chi connectivity index (χ1) is 16.5. The molecule has 0 amide bonds. The Morgan fingerprint density at radius 3 is 2.38 bits per heavy atom. The van der Waals surface area contributed by atoms with Gasteiger partial charge < -0.3 is 5.73 Å². The number of nitrogens with zero attached hydrogens (tertiary/aromatic N) is 1. The second-order valence-electron chi connectivity index (χ2n) is 8.75. The van der Waals surface area contributed by atoms with E-state index in [0.29, 0.717) is 5.69 Å². The summed E-state index contributed by atoms with van der Waals surface area (Å²) >= 11 is 0. The zero-order chi connectivity index (χ0) is 24.1. The van der Waals surface area contributed by atoms with Crippen molar-refractivity contribution in [1.29, 1.82) is 0 Å². The molecule has 0 aliphatic rings. The highest BCUT2D eigenvalue weighted by Gasteiger charge is 2.15. The third kappa shape index (κ3) is 5.09. The van der Waals surface area contributed by atoms with Gasteiger partial charge >= 0.3 is 0 Å². The standard InChI is InChI=1S/C32H30N2/c1-5-7-26-14-15-27(21-31(26)33)23(3)30-20-29(16-17-32(30)34-4)28-9-6-8-25(19-28)18-24-12-10-22(2)11-13-24/h6-17,19-21,23H,1,4,18,33H2,2-3H3. The minimum Gasteiger partial charge on any atom is -0.398 e. The zero-order valence-electron chi connectivity index (χ0n) is 19.9. The van der Waals surface area contributed by atoms with Gasteiger partial charge in [-0.15, -0.1) is 5.73 Å². The normalized spacial score (nSPS) is 11.5. The molecule has 0 aromatic heterocycles. The van der Waals surface area contributed by atoms with Crippen molar-refractivity contribution in [3.8, 4) is 11.1 Å². The van der Waals surface area contributed by atoms with Gasteiger partial charge in [0.15, 0.2) is 0 Å². The molecule has 4 aromatic carbocycles. The van der Waals surface area contributed by atoms with E-state index in [1.807, 2.05) is 12.1 Å². The molecule has 0 spiro atoms. The highest BCUT2D eigenvalue weighted by molar-refractivity contribution is 5.71. The second-order valence-corrected chi connectivity index (χ2v) is 8.75. The second kappa shape index (κ2) is 10.2. The first-order valence-corrected chi connectivity index (χ1v) is 11.5. The smallest absolute Gasteiger partial charge is 0.0660 e. The molecule has 0 aliphatic heterocycles. The summed E-state index contributed by atoms with van der Waals surface area (Å²) in [5.41, 5.74) is 20.1. The molecule has 34 heavy (non-hydrogen) atoms. The van der Waals surface area contributed by atoms with E-state index >= 15 is 0 Å². The summed E-state index contributed by atoms with van der Waals surface area (Å²) in [5.74, 6) is 0.111. The van der Waals surface area contributed by atoms with Crippen LogP contribution in [0.3, 0.4) is 0 Å². The molecule has 0 fully saturated rings. The monoisotopic (exact) mass is 442 g/mol. The Kier molecular flexibility index (Phi) is 6.92. The highest BCUT2D eigenvalue weighted by atomic mass is 14.7. The van der Waals surface area contributed by atoms with E-state index in [-0.39, 0.29) is 5.92 Å². The van der Waals surface area contributed by atoms with Crippen molar-refractivity contribution in [2.24, 2.45) is 4.99 Å². The lowest BCUT2D eigenvalue weighted by atomic mass is 9.88. The summed E-state index contributed by atoms with van der Waals surface area (Å²) in [6.07, 6.45) is 2.71. The Morgan fingerprint density at radius 1 is 0.912 bits per heavy atom. The maximum Gasteiger partial charge on any atom is 0.0660 e. The van der Waals surface area contributed by atoms with E-state index in [4.69, 9.17) is 5.73 Å². The van der Waals surface area contributed by atoms with Crippen molar-refractivity contribution >= 4 is 24.2 Å². The van der Waals surface area contributed by atoms with Gasteiger partial charge in [0.05, 0.1) is 5.69 Å². The fraction of sp³-hybridized carbons (Fsp3) is 0.125. The molecule has 2 N–H and O–H groups in total. The fourth-order valence-electron chi connectivity index (χ4n) is 4.31. The molecule has 0 saturated carbocycles. The summed E-state index contributed by atoms with van der Waals surface area (Å²) in [6.45, 7) is 11.7. The van der Waals surface area contributed by atoms with E-state index in [1.54, 1.807) is 6.08 Å². The minimum atomic E-state index is 0.111. The van der Waals surface area contributed by atoms with Crippen LogP contribution in [0.2, 0.25) is 0 Å². The first kappa shape index (κ1) is 23.0. The number of benzene rings is 4. The summed E-state index contributed by atoms with van der Waals surface area (Å²) in [6, 6.07) is 30.0. The van der Waals surface area contributed by atoms with Crippen LogP contribution in [0.4, 0.5) is 11.4 Å². The van der Waals surface area contributed by atoms with E-state index in [2.05, 4.69) is 111 Å². The number of rotatable bonds is 7. The Morgan fingerprint density at radius 2 is 1.68 bits per heavy atom. The number of hydrogen-bond donors (Lipinski definition) is 1. The average Bonchev–Trinajstić information content (AvgIpc) is 2.86. The summed E-state index contributed by atoms with van der Waals surface area (Å²) < 4.78 is 0. The molecule has 168 valence electrons. The number of hydrogen-bond acceptors (Lipinski definition) is 2. The van der Waals surface area contributed by atoms with Gasteiger partial charge in [0, 0.05) is 17.2 Å². The van der Waals surface area contributed by atoms with Crippen LogP contribution in [0.25, 0.3) is 17.2 Å². The molecule has 0 aliphatic carbocycles. The summed E-state index contributed by atoms with van der Waals surface area (Å²) in [5, 5.41) is 0. The lowest BCUT2D eigenvalue weighted by Crippen LogP contribution is -2.00. The van der Waals surface area contributed by atoms with Gasteiger partial charge in [0.2, 0.25) is 0 Å². The molecule has 0 bridgehead atoms. The van der Waals surface area contributed by atoms with Crippen LogP contribution in [0.5, 0.6) is 0 Å². The van der Waals surface area contributed by atoms with Crippen LogP contribution in [0.15, 0.2) is 102 Å². The van der Waals surface area contributed by atoms with Crippen LogP contribution in [0, 0.1) is 6.92 Å². The van der Waals surface area contributed by atoms with Crippen molar-refractivity contribution in [3.63, 3.8) is 0 Å². The SMILES string of the molecule is C=C=Cc1ccc(C(C)c2cc(-c3cccc(Cc4ccc(C)cc4)c3)ccc2N=C)cc1N. The molecule has 4 aromatic rings. The Balaban J connectivity index is 1.67. The Hall–Kier alpha value is -4.13. The van der Waals surface area contributed by atoms with Crippen molar-refractivity contribution in [2.75, 3.05) is 5.73 Å². The van der Waals surface area contributed by atoms with Gasteiger partial charge in [-0.1, -0.05) is 85.8 Å². The maximum atomic E-state index is 6.27. The predicted octanol–water partition coefficient (Wildman–Crippen LogP) is 8.12. The number of anilines is 1. The van der Waals surface area contributed by atoms with Crippen LogP contribution in [-0.4, -0.2) is 6.72 Å². The minimum absolute atomic E-state index is 0.111. The lowest BCUT2D eigenvalue weighted by molar-refractivity contribution is 0.923. The lowest BCUT2D eigenvalue weighted by Gasteiger charge is -2.18. The van der Waals surface area contributed by atoms with Crippen LogP contribution >= 0.6 is 0 Å². The average molecular weight is 443 g/mol. The zero-order valence-corrected chi connectivity index (χ0v) is 19.9. The number of nitrogen functional groups attached to an aromatic ring is 1. The fourth-order valence-corrected chi connectivity index (χ4v) is 4.31. The molecular weight excluding hydrogens is 412 g/mol. The third-order valence-electron chi connectivity index (χ3n) is 6.32. The van der Waals surface area contributed by atoms with Crippen LogP contribution < -0.4 is 5.73 Å². The molecule has 0 heterocycles. The Labute approximate surface area is 202 Å². The van der Waals surface area contributed by atoms with Gasteiger partial charge in [0.25, 0.3) is 0 Å². The van der Waals surface area contributed by atoms with Gasteiger partial charge in [-0.25, -0.2) is 0 Å². The molecule has 2 nitrogen and oxygen atoms in total. The molecular formula is C32H30N2. The van der Waals surface area contributed by atoms with Gasteiger partial charge in [0.1, 0.15) is 0 Å². The molecule has 1 atom stereocenters. The highest BCUT2D eigenvalue weighted by Crippen LogP contribution is 2.36. The van der Waals surface area contributed by atoms with Gasteiger partial charge in [-0.05, 0) is 77.7 Å². The van der Waals surface area contributed by atoms with Crippen LogP contribution in [-0.2, 0) is 6.42 Å². The predicted molar refractivity (Wildman–Crippen MR) is 147 cm³/mol. The summed E-state index contributed by atoms with van der Waals surface area (Å²) in [4.78, 5) is 4.30. The molecule has 0 radical (unpaired) electrons. The molecule has 4 rings (SSSR count). The van der Waals surface area contributed by atoms with Crippen molar-refractivity contribution in [1.82, 2.24) is 0 Å². The van der Waals surface area contributed by atoms with E-state index in [0.717, 1.165) is 28.8 Å². The number of nitrogens with two attached hydrogens (primary N) is 1. The van der Waals surface area contributed by atoms with Crippen molar-refractivity contribution < 1.29 is 0 Å². The largest absolute Gasteiger partial charge is 0.398 e. The maximum absolute atomic E-state index is 6.27. The third-order valence-corrected chi connectivity index (χ3v) is 6.32. The van der Waals surface area contributed by atoms with Gasteiger partial charge in [-0.3, -0.25) is 4.99 Å².